The first kappa shape index (κ1) is 22.4. The third kappa shape index (κ3) is 4.03. The Morgan fingerprint density at radius 1 is 1.32 bits per heavy atom. The van der Waals surface area contributed by atoms with Gasteiger partial charge in [0.2, 0.25) is 5.91 Å². The number of amides is 1. The van der Waals surface area contributed by atoms with Gasteiger partial charge in [-0.1, -0.05) is 19.9 Å². The number of ether oxygens (including phenoxy) is 1. The minimum atomic E-state index is 0.0771. The Hall–Kier alpha value is -3.39. The second-order valence-electron chi connectivity index (χ2n) is 9.45. The lowest BCUT2D eigenvalue weighted by atomic mass is 9.88. The van der Waals surface area contributed by atoms with Crippen LogP contribution in [0, 0.1) is 0 Å². The van der Waals surface area contributed by atoms with Crippen molar-refractivity contribution in [3.05, 3.63) is 47.9 Å². The standard InChI is InChI=1S/C26H32N6O2/c1-16(2)24-20-10-17(18-6-5-9-31(12-18)14-23(33)27-3)7-8-21(20)30-25(24)19-11-22(34-4)26-28-15-29-32(26)13-19/h7-8,10-11,13,15-16,18,30H,5-6,9,12,14H2,1-4H3,(H,27,33). The summed E-state index contributed by atoms with van der Waals surface area (Å²) in [5.74, 6) is 1.52. The number of piperidine rings is 1. The van der Waals surface area contributed by atoms with Gasteiger partial charge in [0, 0.05) is 36.3 Å². The van der Waals surface area contributed by atoms with Gasteiger partial charge in [-0.15, -0.1) is 0 Å². The molecular weight excluding hydrogens is 428 g/mol. The number of pyridine rings is 1. The van der Waals surface area contributed by atoms with Crippen LogP contribution in [0.2, 0.25) is 0 Å². The molecule has 0 aliphatic carbocycles. The second kappa shape index (κ2) is 9.10. The molecule has 4 heterocycles. The van der Waals surface area contributed by atoms with Crippen LogP contribution in [0.4, 0.5) is 0 Å². The predicted molar refractivity (Wildman–Crippen MR) is 133 cm³/mol. The van der Waals surface area contributed by atoms with E-state index in [4.69, 9.17) is 4.74 Å². The highest BCUT2D eigenvalue weighted by Gasteiger charge is 2.24. The van der Waals surface area contributed by atoms with E-state index in [1.54, 1.807) is 25.0 Å². The molecule has 1 unspecified atom stereocenters. The number of fused-ring (bicyclic) bond motifs is 2. The molecule has 0 bridgehead atoms. The van der Waals surface area contributed by atoms with Crippen LogP contribution >= 0.6 is 0 Å². The minimum absolute atomic E-state index is 0.0771. The Morgan fingerprint density at radius 3 is 2.94 bits per heavy atom. The van der Waals surface area contributed by atoms with E-state index >= 15 is 0 Å². The Labute approximate surface area is 199 Å². The van der Waals surface area contributed by atoms with Crippen LogP contribution in [0.25, 0.3) is 27.8 Å². The summed E-state index contributed by atoms with van der Waals surface area (Å²) in [7, 11) is 3.36. The van der Waals surface area contributed by atoms with Crippen molar-refractivity contribution in [2.75, 3.05) is 33.8 Å². The summed E-state index contributed by atoms with van der Waals surface area (Å²) >= 11 is 0. The van der Waals surface area contributed by atoms with E-state index in [1.807, 2.05) is 12.3 Å². The van der Waals surface area contributed by atoms with Gasteiger partial charge in [0.15, 0.2) is 11.4 Å². The van der Waals surface area contributed by atoms with E-state index in [0.717, 1.165) is 42.7 Å². The molecule has 1 aliphatic rings. The van der Waals surface area contributed by atoms with Gasteiger partial charge in [-0.05, 0) is 60.5 Å². The van der Waals surface area contributed by atoms with Gasteiger partial charge >= 0.3 is 0 Å². The monoisotopic (exact) mass is 460 g/mol. The summed E-state index contributed by atoms with van der Waals surface area (Å²) in [4.78, 5) is 22.1. The quantitative estimate of drug-likeness (QED) is 0.455. The number of likely N-dealkylation sites (N-methyl/N-ethyl adjacent to an activating group) is 1. The molecule has 1 fully saturated rings. The van der Waals surface area contributed by atoms with Crippen LogP contribution in [0.3, 0.4) is 0 Å². The zero-order chi connectivity index (χ0) is 23.8. The Bertz CT molecular complexity index is 1340. The van der Waals surface area contributed by atoms with E-state index in [2.05, 4.69) is 57.3 Å². The highest BCUT2D eigenvalue weighted by atomic mass is 16.5. The van der Waals surface area contributed by atoms with Gasteiger partial charge in [-0.2, -0.15) is 5.10 Å². The molecule has 8 heteroatoms. The van der Waals surface area contributed by atoms with Crippen LogP contribution in [-0.4, -0.2) is 64.2 Å². The number of carbonyl (C=O) groups is 1. The topological polar surface area (TPSA) is 87.5 Å². The molecule has 0 spiro atoms. The predicted octanol–water partition coefficient (Wildman–Crippen LogP) is 3.94. The summed E-state index contributed by atoms with van der Waals surface area (Å²) < 4.78 is 7.36. The number of nitrogens with zero attached hydrogens (tertiary/aromatic N) is 4. The molecule has 3 aromatic heterocycles. The average Bonchev–Trinajstić information content (AvgIpc) is 3.47. The molecule has 8 nitrogen and oxygen atoms in total. The number of carbonyl (C=O) groups excluding carboxylic acids is 1. The van der Waals surface area contributed by atoms with Crippen molar-refractivity contribution in [1.29, 1.82) is 0 Å². The number of hydrogen-bond acceptors (Lipinski definition) is 5. The van der Waals surface area contributed by atoms with Gasteiger partial charge < -0.3 is 15.0 Å². The Kier molecular flexibility index (Phi) is 6.00. The van der Waals surface area contributed by atoms with E-state index in [-0.39, 0.29) is 5.91 Å². The zero-order valence-corrected chi connectivity index (χ0v) is 20.3. The van der Waals surface area contributed by atoms with E-state index in [1.165, 1.54) is 16.5 Å². The number of hydrogen-bond donors (Lipinski definition) is 2. The first-order chi connectivity index (χ1) is 16.5. The zero-order valence-electron chi connectivity index (χ0n) is 20.3. The van der Waals surface area contributed by atoms with Gasteiger partial charge in [-0.3, -0.25) is 9.69 Å². The van der Waals surface area contributed by atoms with Crippen molar-refractivity contribution in [1.82, 2.24) is 29.8 Å². The second-order valence-corrected chi connectivity index (χ2v) is 9.45. The largest absolute Gasteiger partial charge is 0.493 e. The number of aromatic nitrogens is 4. The molecule has 1 aromatic carbocycles. The summed E-state index contributed by atoms with van der Waals surface area (Å²) in [5.41, 5.74) is 6.56. The molecule has 2 N–H and O–H groups in total. The summed E-state index contributed by atoms with van der Waals surface area (Å²) in [6.07, 6.45) is 5.79. The third-order valence-corrected chi connectivity index (χ3v) is 6.91. The van der Waals surface area contributed by atoms with Crippen molar-refractivity contribution >= 4 is 22.5 Å². The van der Waals surface area contributed by atoms with Crippen LogP contribution in [0.1, 0.15) is 49.7 Å². The number of nitrogens with one attached hydrogen (secondary N) is 2. The molecule has 34 heavy (non-hydrogen) atoms. The highest BCUT2D eigenvalue weighted by molar-refractivity contribution is 5.92. The first-order valence-corrected chi connectivity index (χ1v) is 11.9. The van der Waals surface area contributed by atoms with Gasteiger partial charge in [-0.25, -0.2) is 9.50 Å². The normalized spacial score (nSPS) is 17.0. The number of aromatic amines is 1. The van der Waals surface area contributed by atoms with E-state index in [9.17, 15) is 4.79 Å². The molecule has 0 radical (unpaired) electrons. The number of benzene rings is 1. The van der Waals surface area contributed by atoms with Gasteiger partial charge in [0.25, 0.3) is 0 Å². The molecule has 5 rings (SSSR count). The maximum absolute atomic E-state index is 11.9. The molecule has 178 valence electrons. The van der Waals surface area contributed by atoms with Crippen molar-refractivity contribution in [3.63, 3.8) is 0 Å². The van der Waals surface area contributed by atoms with Crippen molar-refractivity contribution in [2.24, 2.45) is 0 Å². The molecule has 4 aromatic rings. The number of H-pyrrole nitrogens is 1. The minimum Gasteiger partial charge on any atom is -0.493 e. The third-order valence-electron chi connectivity index (χ3n) is 6.91. The van der Waals surface area contributed by atoms with Crippen molar-refractivity contribution in [2.45, 2.75) is 38.5 Å². The SMILES string of the molecule is CNC(=O)CN1CCCC(c2ccc3[nH]c(-c4cc(OC)c5ncnn5c4)c(C(C)C)c3c2)C1. The highest BCUT2D eigenvalue weighted by Crippen LogP contribution is 2.39. The fourth-order valence-corrected chi connectivity index (χ4v) is 5.25. The fourth-order valence-electron chi connectivity index (χ4n) is 5.25. The number of rotatable bonds is 6. The fraction of sp³-hybridized carbons (Fsp3) is 0.423. The molecular formula is C26H32N6O2. The van der Waals surface area contributed by atoms with Crippen LogP contribution in [0.5, 0.6) is 5.75 Å². The van der Waals surface area contributed by atoms with E-state index < -0.39 is 0 Å². The number of methoxy groups -OCH3 is 1. The lowest BCUT2D eigenvalue weighted by molar-refractivity contribution is -0.122. The Morgan fingerprint density at radius 2 is 2.18 bits per heavy atom. The summed E-state index contributed by atoms with van der Waals surface area (Å²) in [6.45, 7) is 6.82. The van der Waals surface area contributed by atoms with Gasteiger partial charge in [0.05, 0.1) is 19.3 Å². The van der Waals surface area contributed by atoms with E-state index in [0.29, 0.717) is 29.8 Å². The molecule has 1 aliphatic heterocycles. The van der Waals surface area contributed by atoms with Gasteiger partial charge in [0.1, 0.15) is 6.33 Å². The van der Waals surface area contributed by atoms with Crippen LogP contribution in [0.15, 0.2) is 36.8 Å². The average molecular weight is 461 g/mol. The molecule has 1 amide bonds. The summed E-state index contributed by atoms with van der Waals surface area (Å²) in [5, 5.41) is 8.33. The maximum Gasteiger partial charge on any atom is 0.233 e. The molecule has 1 atom stereocenters. The Balaban J connectivity index is 1.55. The lowest BCUT2D eigenvalue weighted by Crippen LogP contribution is -2.41. The molecule has 1 saturated heterocycles. The first-order valence-electron chi connectivity index (χ1n) is 11.9. The summed E-state index contributed by atoms with van der Waals surface area (Å²) in [6, 6.07) is 8.81. The van der Waals surface area contributed by atoms with Crippen molar-refractivity contribution < 1.29 is 9.53 Å². The van der Waals surface area contributed by atoms with Crippen molar-refractivity contribution in [3.8, 4) is 17.0 Å². The van der Waals surface area contributed by atoms with Crippen LogP contribution < -0.4 is 10.1 Å². The maximum atomic E-state index is 11.9. The molecule has 0 saturated carbocycles. The van der Waals surface area contributed by atoms with Crippen LogP contribution in [-0.2, 0) is 4.79 Å². The lowest BCUT2D eigenvalue weighted by Gasteiger charge is -2.32. The number of likely N-dealkylation sites (tertiary alicyclic amines) is 1. The smallest absolute Gasteiger partial charge is 0.233 e.